The molecule has 0 spiro atoms. The molecule has 0 atom stereocenters. The predicted octanol–water partition coefficient (Wildman–Crippen LogP) is 1.35. The summed E-state index contributed by atoms with van der Waals surface area (Å²) in [6.07, 6.45) is 2.54. The number of carbonyl (C=O) groups excluding carboxylic acids is 3. The first kappa shape index (κ1) is 15.5. The molecule has 1 N–H and O–H groups in total. The molecule has 0 saturated carbocycles. The Morgan fingerprint density at radius 3 is 2.73 bits per heavy atom. The van der Waals surface area contributed by atoms with Crippen LogP contribution in [0.15, 0.2) is 36.4 Å². The van der Waals surface area contributed by atoms with Crippen molar-refractivity contribution in [2.24, 2.45) is 0 Å². The third-order valence-corrected chi connectivity index (χ3v) is 3.10. The largest absolute Gasteiger partial charge is 0.496 e. The lowest BCUT2D eigenvalue weighted by molar-refractivity contribution is -0.144. The van der Waals surface area contributed by atoms with Gasteiger partial charge in [0.15, 0.2) is 0 Å². The first-order valence-corrected chi connectivity index (χ1v) is 6.54. The highest BCUT2D eigenvalue weighted by molar-refractivity contribution is 6.17. The number of amides is 2. The van der Waals surface area contributed by atoms with Crippen LogP contribution in [0, 0.1) is 0 Å². The number of carbonyl (C=O) groups is 3. The van der Waals surface area contributed by atoms with Crippen LogP contribution in [0.3, 0.4) is 0 Å². The van der Waals surface area contributed by atoms with E-state index in [-0.39, 0.29) is 18.6 Å². The Bertz CT molecular complexity index is 675. The highest BCUT2D eigenvalue weighted by Gasteiger charge is 2.23. The number of rotatable bonds is 6. The van der Waals surface area contributed by atoms with E-state index >= 15 is 0 Å². The number of esters is 1. The molecular formula is C16H15NO5. The van der Waals surface area contributed by atoms with Gasteiger partial charge < -0.3 is 9.47 Å². The molecule has 1 aromatic rings. The van der Waals surface area contributed by atoms with Gasteiger partial charge in [0.25, 0.3) is 11.8 Å². The third kappa shape index (κ3) is 3.60. The van der Waals surface area contributed by atoms with E-state index in [1.165, 1.54) is 7.11 Å². The van der Waals surface area contributed by atoms with Gasteiger partial charge in [-0.3, -0.25) is 19.7 Å². The molecule has 1 aliphatic heterocycles. The lowest BCUT2D eigenvalue weighted by Gasteiger charge is -2.10. The predicted molar refractivity (Wildman–Crippen MR) is 78.7 cm³/mol. The first-order valence-electron chi connectivity index (χ1n) is 6.54. The smallest absolute Gasteiger partial charge is 0.310 e. The number of hydrogen-bond donors (Lipinski definition) is 1. The Balaban J connectivity index is 1.97. The normalized spacial score (nSPS) is 13.4. The number of ether oxygens (including phenoxy) is 2. The number of imide groups is 1. The van der Waals surface area contributed by atoms with E-state index in [2.05, 4.69) is 11.9 Å². The van der Waals surface area contributed by atoms with Gasteiger partial charge in [0.2, 0.25) is 0 Å². The number of hydrogen-bond acceptors (Lipinski definition) is 5. The van der Waals surface area contributed by atoms with Gasteiger partial charge in [-0.1, -0.05) is 24.8 Å². The van der Waals surface area contributed by atoms with Gasteiger partial charge in [0.1, 0.15) is 12.4 Å². The SMILES string of the molecule is C=Cc1ccc(COC(=O)CC2=CC(=O)NC2=O)c(OC)c1. The van der Waals surface area contributed by atoms with Crippen LogP contribution < -0.4 is 10.1 Å². The fourth-order valence-electron chi connectivity index (χ4n) is 1.96. The van der Waals surface area contributed by atoms with Crippen LogP contribution in [0.5, 0.6) is 5.75 Å². The highest BCUT2D eigenvalue weighted by Crippen LogP contribution is 2.22. The van der Waals surface area contributed by atoms with Crippen molar-refractivity contribution in [1.82, 2.24) is 5.32 Å². The molecule has 114 valence electrons. The molecule has 0 saturated heterocycles. The average molecular weight is 301 g/mol. The molecule has 0 unspecified atom stereocenters. The molecule has 6 nitrogen and oxygen atoms in total. The lowest BCUT2D eigenvalue weighted by Crippen LogP contribution is -2.23. The number of benzene rings is 1. The van der Waals surface area contributed by atoms with Crippen molar-refractivity contribution in [2.75, 3.05) is 7.11 Å². The lowest BCUT2D eigenvalue weighted by atomic mass is 10.1. The van der Waals surface area contributed by atoms with Gasteiger partial charge >= 0.3 is 5.97 Å². The van der Waals surface area contributed by atoms with Gasteiger partial charge in [-0.25, -0.2) is 0 Å². The second-order valence-electron chi connectivity index (χ2n) is 4.60. The summed E-state index contributed by atoms with van der Waals surface area (Å²) in [4.78, 5) is 34.0. The van der Waals surface area contributed by atoms with Crippen LogP contribution in [0.1, 0.15) is 17.5 Å². The van der Waals surface area contributed by atoms with E-state index in [1.54, 1.807) is 18.2 Å². The zero-order chi connectivity index (χ0) is 16.1. The minimum Gasteiger partial charge on any atom is -0.496 e. The topological polar surface area (TPSA) is 81.7 Å². The summed E-state index contributed by atoms with van der Waals surface area (Å²) < 4.78 is 10.3. The summed E-state index contributed by atoms with van der Waals surface area (Å²) >= 11 is 0. The molecule has 22 heavy (non-hydrogen) atoms. The van der Waals surface area contributed by atoms with Crippen LogP contribution in [-0.2, 0) is 25.7 Å². The van der Waals surface area contributed by atoms with Gasteiger partial charge in [0, 0.05) is 17.2 Å². The summed E-state index contributed by atoms with van der Waals surface area (Å²) in [6.45, 7) is 3.68. The molecule has 0 fully saturated rings. The Hall–Kier alpha value is -2.89. The van der Waals surface area contributed by atoms with Crippen molar-refractivity contribution >= 4 is 23.9 Å². The van der Waals surface area contributed by atoms with Crippen LogP contribution >= 0.6 is 0 Å². The van der Waals surface area contributed by atoms with Crippen LogP contribution in [0.2, 0.25) is 0 Å². The summed E-state index contributed by atoms with van der Waals surface area (Å²) in [5.41, 5.74) is 1.68. The average Bonchev–Trinajstić information content (AvgIpc) is 2.82. The number of nitrogens with one attached hydrogen (secondary N) is 1. The first-order chi connectivity index (χ1) is 10.5. The van der Waals surface area contributed by atoms with Crippen molar-refractivity contribution < 1.29 is 23.9 Å². The molecule has 1 aliphatic rings. The van der Waals surface area contributed by atoms with Gasteiger partial charge in [-0.15, -0.1) is 0 Å². The molecule has 6 heteroatoms. The quantitative estimate of drug-likeness (QED) is 0.633. The van der Waals surface area contributed by atoms with Crippen molar-refractivity contribution in [3.63, 3.8) is 0 Å². The molecule has 2 amide bonds. The maximum atomic E-state index is 11.7. The zero-order valence-corrected chi connectivity index (χ0v) is 12.0. The number of methoxy groups -OCH3 is 1. The van der Waals surface area contributed by atoms with Crippen LogP contribution in [-0.4, -0.2) is 24.9 Å². The van der Waals surface area contributed by atoms with Crippen molar-refractivity contribution in [1.29, 1.82) is 0 Å². The molecule has 0 radical (unpaired) electrons. The van der Waals surface area contributed by atoms with E-state index in [0.29, 0.717) is 11.3 Å². The van der Waals surface area contributed by atoms with E-state index in [0.717, 1.165) is 11.6 Å². The molecule has 2 rings (SSSR count). The van der Waals surface area contributed by atoms with Gasteiger partial charge in [-0.2, -0.15) is 0 Å². The highest BCUT2D eigenvalue weighted by atomic mass is 16.5. The second kappa shape index (κ2) is 6.71. The standard InChI is InChI=1S/C16H15NO5/c1-3-10-4-5-11(13(6-10)21-2)9-22-15(19)8-12-7-14(18)17-16(12)20/h3-7H,1,8-9H2,2H3,(H,17,18,20). The molecule has 0 aromatic heterocycles. The van der Waals surface area contributed by atoms with Crippen molar-refractivity contribution in [3.05, 3.63) is 47.6 Å². The maximum absolute atomic E-state index is 11.7. The summed E-state index contributed by atoms with van der Waals surface area (Å²) in [5.74, 6) is -1.09. The van der Waals surface area contributed by atoms with Gasteiger partial charge in [0.05, 0.1) is 13.5 Å². The summed E-state index contributed by atoms with van der Waals surface area (Å²) in [5, 5.41) is 2.07. The summed E-state index contributed by atoms with van der Waals surface area (Å²) in [7, 11) is 1.52. The van der Waals surface area contributed by atoms with E-state index in [1.807, 2.05) is 6.07 Å². The maximum Gasteiger partial charge on any atom is 0.310 e. The molecule has 0 aliphatic carbocycles. The van der Waals surface area contributed by atoms with Crippen molar-refractivity contribution in [3.8, 4) is 5.75 Å². The molecule has 1 heterocycles. The monoisotopic (exact) mass is 301 g/mol. The second-order valence-corrected chi connectivity index (χ2v) is 4.60. The van der Waals surface area contributed by atoms with Crippen molar-refractivity contribution in [2.45, 2.75) is 13.0 Å². The fourth-order valence-corrected chi connectivity index (χ4v) is 1.96. The van der Waals surface area contributed by atoms with Crippen LogP contribution in [0.25, 0.3) is 6.08 Å². The minimum atomic E-state index is -0.592. The Labute approximate surface area is 127 Å². The molecule has 1 aromatic carbocycles. The summed E-state index contributed by atoms with van der Waals surface area (Å²) in [6, 6.07) is 5.38. The van der Waals surface area contributed by atoms with E-state index < -0.39 is 17.8 Å². The van der Waals surface area contributed by atoms with Crippen LogP contribution in [0.4, 0.5) is 0 Å². The van der Waals surface area contributed by atoms with E-state index in [4.69, 9.17) is 9.47 Å². The zero-order valence-electron chi connectivity index (χ0n) is 12.0. The van der Waals surface area contributed by atoms with Gasteiger partial charge in [-0.05, 0) is 11.6 Å². The fraction of sp³-hybridized carbons (Fsp3) is 0.188. The molecule has 0 bridgehead atoms. The third-order valence-electron chi connectivity index (χ3n) is 3.10. The van der Waals surface area contributed by atoms with E-state index in [9.17, 15) is 14.4 Å². The Morgan fingerprint density at radius 1 is 1.36 bits per heavy atom. The Kier molecular flexibility index (Phi) is 4.73. The molecular weight excluding hydrogens is 286 g/mol. The Morgan fingerprint density at radius 2 is 2.14 bits per heavy atom. The minimum absolute atomic E-state index is 0.0161.